The van der Waals surface area contributed by atoms with Crippen LogP contribution in [0.2, 0.25) is 0 Å². The fraction of sp³-hybridized carbons (Fsp3) is 0.467. The van der Waals surface area contributed by atoms with Crippen molar-refractivity contribution in [2.75, 3.05) is 7.05 Å². The Balaban J connectivity index is 2.22. The molecule has 2 aromatic rings. The molecule has 1 aromatic carbocycles. The van der Waals surface area contributed by atoms with Gasteiger partial charge in [0, 0.05) is 23.5 Å². The molecule has 4 nitrogen and oxygen atoms in total. The highest BCUT2D eigenvalue weighted by Gasteiger charge is 2.16. The first-order valence-corrected chi connectivity index (χ1v) is 7.75. The number of rotatable bonds is 6. The van der Waals surface area contributed by atoms with E-state index in [4.69, 9.17) is 0 Å². The van der Waals surface area contributed by atoms with Gasteiger partial charge in [0.1, 0.15) is 12.2 Å². The Morgan fingerprint density at radius 2 is 2.20 bits per heavy atom. The predicted molar refractivity (Wildman–Crippen MR) is 84.7 cm³/mol. The van der Waals surface area contributed by atoms with Crippen LogP contribution < -0.4 is 5.32 Å². The average molecular weight is 337 g/mol. The van der Waals surface area contributed by atoms with Gasteiger partial charge in [0.15, 0.2) is 0 Å². The van der Waals surface area contributed by atoms with Gasteiger partial charge in [-0.1, -0.05) is 28.9 Å². The van der Waals surface area contributed by atoms with Gasteiger partial charge in [-0.3, -0.25) is 4.68 Å². The topological polar surface area (TPSA) is 42.7 Å². The van der Waals surface area contributed by atoms with Crippen molar-refractivity contribution < 1.29 is 0 Å². The molecule has 1 N–H and O–H groups in total. The molecular weight excluding hydrogens is 316 g/mol. The lowest BCUT2D eigenvalue weighted by atomic mass is 9.98. The Morgan fingerprint density at radius 3 is 2.85 bits per heavy atom. The van der Waals surface area contributed by atoms with E-state index in [1.54, 1.807) is 6.33 Å². The molecule has 0 aliphatic carbocycles. The number of halogens is 1. The van der Waals surface area contributed by atoms with E-state index >= 15 is 0 Å². The molecule has 1 heterocycles. The maximum atomic E-state index is 4.40. The zero-order valence-electron chi connectivity index (χ0n) is 12.2. The summed E-state index contributed by atoms with van der Waals surface area (Å²) in [5.74, 6) is 1.04. The summed E-state index contributed by atoms with van der Waals surface area (Å²) in [5, 5.41) is 7.68. The number of benzene rings is 1. The monoisotopic (exact) mass is 336 g/mol. The normalized spacial score (nSPS) is 12.6. The molecule has 0 aliphatic heterocycles. The first kappa shape index (κ1) is 15.2. The van der Waals surface area contributed by atoms with Gasteiger partial charge in [-0.2, -0.15) is 5.10 Å². The van der Waals surface area contributed by atoms with Crippen LogP contribution in [0.3, 0.4) is 0 Å². The van der Waals surface area contributed by atoms with Crippen LogP contribution in [0.1, 0.15) is 36.3 Å². The SMILES string of the molecule is CCCn1ncnc1CC(NC)c1ccc(Br)cc1C. The molecule has 2 rings (SSSR count). The van der Waals surface area contributed by atoms with Crippen molar-refractivity contribution in [1.29, 1.82) is 0 Å². The van der Waals surface area contributed by atoms with Gasteiger partial charge in [-0.25, -0.2) is 4.98 Å². The first-order chi connectivity index (χ1) is 9.65. The van der Waals surface area contributed by atoms with Gasteiger partial charge in [-0.05, 0) is 43.7 Å². The molecule has 0 saturated carbocycles. The Hall–Kier alpha value is -1.20. The van der Waals surface area contributed by atoms with Crippen molar-refractivity contribution in [1.82, 2.24) is 20.1 Å². The van der Waals surface area contributed by atoms with E-state index in [-0.39, 0.29) is 6.04 Å². The Morgan fingerprint density at radius 1 is 1.40 bits per heavy atom. The number of nitrogens with zero attached hydrogens (tertiary/aromatic N) is 3. The summed E-state index contributed by atoms with van der Waals surface area (Å²) in [6.45, 7) is 5.21. The van der Waals surface area contributed by atoms with Gasteiger partial charge >= 0.3 is 0 Å². The lowest BCUT2D eigenvalue weighted by molar-refractivity contribution is 0.515. The second-order valence-electron chi connectivity index (χ2n) is 4.95. The largest absolute Gasteiger partial charge is 0.313 e. The van der Waals surface area contributed by atoms with Crippen LogP contribution in [0.4, 0.5) is 0 Å². The highest BCUT2D eigenvalue weighted by Crippen LogP contribution is 2.24. The molecule has 0 fully saturated rings. The maximum absolute atomic E-state index is 4.40. The van der Waals surface area contributed by atoms with E-state index in [2.05, 4.69) is 63.4 Å². The minimum absolute atomic E-state index is 0.253. The molecule has 0 spiro atoms. The second kappa shape index (κ2) is 6.99. The number of aromatic nitrogens is 3. The highest BCUT2D eigenvalue weighted by atomic mass is 79.9. The van der Waals surface area contributed by atoms with Crippen molar-refractivity contribution in [3.05, 3.63) is 46.0 Å². The lowest BCUT2D eigenvalue weighted by Crippen LogP contribution is -2.22. The molecular formula is C15H21BrN4. The number of nitrogens with one attached hydrogen (secondary N) is 1. The van der Waals surface area contributed by atoms with Crippen LogP contribution in [0.15, 0.2) is 29.0 Å². The van der Waals surface area contributed by atoms with Gasteiger partial charge in [-0.15, -0.1) is 0 Å². The van der Waals surface area contributed by atoms with Crippen molar-refractivity contribution in [3.63, 3.8) is 0 Å². The van der Waals surface area contributed by atoms with E-state index in [1.165, 1.54) is 11.1 Å². The number of likely N-dealkylation sites (N-methyl/N-ethyl adjacent to an activating group) is 1. The van der Waals surface area contributed by atoms with Crippen molar-refractivity contribution in [2.24, 2.45) is 0 Å². The fourth-order valence-corrected chi connectivity index (χ4v) is 2.90. The summed E-state index contributed by atoms with van der Waals surface area (Å²) in [4.78, 5) is 4.40. The molecule has 0 radical (unpaired) electrons. The summed E-state index contributed by atoms with van der Waals surface area (Å²) in [6.07, 6.45) is 3.56. The summed E-state index contributed by atoms with van der Waals surface area (Å²) in [7, 11) is 1.99. The smallest absolute Gasteiger partial charge is 0.138 e. The zero-order valence-corrected chi connectivity index (χ0v) is 13.8. The van der Waals surface area contributed by atoms with Crippen LogP contribution in [0.5, 0.6) is 0 Å². The maximum Gasteiger partial charge on any atom is 0.138 e. The van der Waals surface area contributed by atoms with Crippen molar-refractivity contribution in [3.8, 4) is 0 Å². The van der Waals surface area contributed by atoms with E-state index in [0.29, 0.717) is 0 Å². The number of aryl methyl sites for hydroxylation is 2. The Kier molecular flexibility index (Phi) is 5.31. The lowest BCUT2D eigenvalue weighted by Gasteiger charge is -2.19. The fourth-order valence-electron chi connectivity index (χ4n) is 2.42. The predicted octanol–water partition coefficient (Wildman–Crippen LogP) is 3.26. The van der Waals surface area contributed by atoms with E-state index < -0.39 is 0 Å². The summed E-state index contributed by atoms with van der Waals surface area (Å²) in [6, 6.07) is 6.66. The van der Waals surface area contributed by atoms with Crippen molar-refractivity contribution in [2.45, 2.75) is 39.3 Å². The minimum Gasteiger partial charge on any atom is -0.313 e. The van der Waals surface area contributed by atoms with Crippen molar-refractivity contribution >= 4 is 15.9 Å². The molecule has 1 unspecified atom stereocenters. The van der Waals surface area contributed by atoms with Gasteiger partial charge in [0.25, 0.3) is 0 Å². The van der Waals surface area contributed by atoms with Gasteiger partial charge < -0.3 is 5.32 Å². The zero-order chi connectivity index (χ0) is 14.5. The molecule has 0 bridgehead atoms. The molecule has 20 heavy (non-hydrogen) atoms. The van der Waals surface area contributed by atoms with Crippen LogP contribution in [0, 0.1) is 6.92 Å². The molecule has 5 heteroatoms. The van der Waals surface area contributed by atoms with E-state index in [0.717, 1.165) is 29.7 Å². The molecule has 0 amide bonds. The Labute approximate surface area is 128 Å². The van der Waals surface area contributed by atoms with Gasteiger partial charge in [0.05, 0.1) is 0 Å². The quantitative estimate of drug-likeness (QED) is 0.880. The average Bonchev–Trinajstić information content (AvgIpc) is 2.84. The third-order valence-electron chi connectivity index (χ3n) is 3.47. The van der Waals surface area contributed by atoms with Crippen LogP contribution in [-0.4, -0.2) is 21.8 Å². The summed E-state index contributed by atoms with van der Waals surface area (Å²) < 4.78 is 3.11. The molecule has 108 valence electrons. The molecule has 1 aromatic heterocycles. The van der Waals surface area contributed by atoms with Gasteiger partial charge in [0.2, 0.25) is 0 Å². The van der Waals surface area contributed by atoms with Crippen LogP contribution in [0.25, 0.3) is 0 Å². The highest BCUT2D eigenvalue weighted by molar-refractivity contribution is 9.10. The summed E-state index contributed by atoms with van der Waals surface area (Å²) in [5.41, 5.74) is 2.59. The second-order valence-corrected chi connectivity index (χ2v) is 5.86. The number of hydrogen-bond acceptors (Lipinski definition) is 3. The summed E-state index contributed by atoms with van der Waals surface area (Å²) >= 11 is 3.51. The van der Waals surface area contributed by atoms with E-state index in [9.17, 15) is 0 Å². The third-order valence-corrected chi connectivity index (χ3v) is 3.97. The standard InChI is InChI=1S/C15H21BrN4/c1-4-7-20-15(18-10-19-20)9-14(17-3)13-6-5-12(16)8-11(13)2/h5-6,8,10,14,17H,4,7,9H2,1-3H3. The third kappa shape index (κ3) is 3.46. The molecule has 0 saturated heterocycles. The van der Waals surface area contributed by atoms with Crippen LogP contribution in [-0.2, 0) is 13.0 Å². The van der Waals surface area contributed by atoms with Crippen LogP contribution >= 0.6 is 15.9 Å². The number of hydrogen-bond donors (Lipinski definition) is 1. The minimum atomic E-state index is 0.253. The van der Waals surface area contributed by atoms with E-state index in [1.807, 2.05) is 11.7 Å². The first-order valence-electron chi connectivity index (χ1n) is 6.95. The molecule has 1 atom stereocenters. The Bertz CT molecular complexity index is 565. The molecule has 0 aliphatic rings.